The van der Waals surface area contributed by atoms with Crippen LogP contribution < -0.4 is 59.1 Å². The zero-order valence-corrected chi connectivity index (χ0v) is 27.4. The Balaban J connectivity index is 0.00000267. The van der Waals surface area contributed by atoms with Gasteiger partial charge in [0.25, 0.3) is 20.2 Å². The summed E-state index contributed by atoms with van der Waals surface area (Å²) in [6.45, 7) is 0. The Bertz CT molecular complexity index is 1910. The second kappa shape index (κ2) is 11.7. The van der Waals surface area contributed by atoms with Crippen LogP contribution in [0, 0.1) is 0 Å². The van der Waals surface area contributed by atoms with Crippen LogP contribution in [0.3, 0.4) is 0 Å². The average Bonchev–Trinajstić information content (AvgIpc) is 2.74. The third kappa shape index (κ3) is 6.92. The summed E-state index contributed by atoms with van der Waals surface area (Å²) in [4.78, 5) is -5.35. The Kier molecular flexibility index (Phi) is 10.3. The summed E-state index contributed by atoms with van der Waals surface area (Å²) in [6.07, 6.45) is -0.952. The van der Waals surface area contributed by atoms with Crippen molar-refractivity contribution in [1.82, 2.24) is 0 Å². The van der Waals surface area contributed by atoms with Gasteiger partial charge in [0.1, 0.15) is 30.0 Å². The Labute approximate surface area is 268 Å². The largest absolute Gasteiger partial charge is 1.00 e. The van der Waals surface area contributed by atoms with Crippen LogP contribution in [0.15, 0.2) is 80.2 Å². The molecule has 0 atom stereocenters. The fraction of sp³-hybridized carbons (Fsp3) is 0.0476. The predicted octanol–water partition coefficient (Wildman–Crippen LogP) is -4.11. The maximum Gasteiger partial charge on any atom is 1.00 e. The van der Waals surface area contributed by atoms with E-state index in [1.54, 1.807) is 0 Å². The maximum absolute atomic E-state index is 12.3. The molecule has 18 heteroatoms. The third-order valence-corrected chi connectivity index (χ3v) is 9.53. The SMILES string of the molecule is O=S(=O)([O-])c1c(Cc2cc3ccccc3c(S(=O)(=O)O)c2S(=O)(=O)O)cc2ccccc2c1S(=O)(=O)[O-].[Na+].[Na+]. The molecule has 0 saturated heterocycles. The van der Waals surface area contributed by atoms with Crippen LogP contribution in [0.1, 0.15) is 11.1 Å². The summed E-state index contributed by atoms with van der Waals surface area (Å²) in [6, 6.07) is 12.4. The van der Waals surface area contributed by atoms with Gasteiger partial charge in [-0.25, -0.2) is 16.8 Å². The van der Waals surface area contributed by atoms with E-state index in [0.717, 1.165) is 24.3 Å². The standard InChI is InChI=1S/C21H16O12S4.2Na/c22-34(23,24)18-14(9-12-5-1-3-7-16(12)20(18)36(28,29)30)11-15-10-13-6-2-4-8-17(13)21(37(31,32)33)19(15)35(25,26)27;;/h1-10H,11H2,(H,22,23,24)(H,25,26,27)(H,28,29,30)(H,31,32,33);;/q;2*+1/p-2. The zero-order valence-electron chi connectivity index (χ0n) is 20.1. The molecule has 0 unspecified atom stereocenters. The number of benzene rings is 4. The predicted molar refractivity (Wildman–Crippen MR) is 126 cm³/mol. The topological polar surface area (TPSA) is 223 Å². The van der Waals surface area contributed by atoms with Crippen molar-refractivity contribution in [2.24, 2.45) is 0 Å². The van der Waals surface area contributed by atoms with Crippen LogP contribution in [0.2, 0.25) is 0 Å². The van der Waals surface area contributed by atoms with Crippen molar-refractivity contribution in [3.05, 3.63) is 71.8 Å². The minimum Gasteiger partial charge on any atom is -0.744 e. The molecule has 0 radical (unpaired) electrons. The summed E-state index contributed by atoms with van der Waals surface area (Å²) in [5.74, 6) is 0. The Morgan fingerprint density at radius 2 is 0.897 bits per heavy atom. The summed E-state index contributed by atoms with van der Waals surface area (Å²) < 4.78 is 142. The molecule has 0 heterocycles. The van der Waals surface area contributed by atoms with Gasteiger partial charge in [-0.1, -0.05) is 48.5 Å². The molecular formula is C21H14Na2O12S4. The van der Waals surface area contributed by atoms with Crippen LogP contribution in [0.4, 0.5) is 0 Å². The van der Waals surface area contributed by atoms with E-state index in [9.17, 15) is 51.9 Å². The van der Waals surface area contributed by atoms with Gasteiger partial charge in [-0.3, -0.25) is 9.11 Å². The van der Waals surface area contributed by atoms with Crippen LogP contribution >= 0.6 is 0 Å². The van der Waals surface area contributed by atoms with Crippen LogP contribution in [-0.2, 0) is 46.9 Å². The van der Waals surface area contributed by atoms with Crippen LogP contribution in [0.25, 0.3) is 21.5 Å². The van der Waals surface area contributed by atoms with Crippen molar-refractivity contribution in [1.29, 1.82) is 0 Å². The second-order valence-corrected chi connectivity index (χ2v) is 13.2. The minimum absolute atomic E-state index is 0. The van der Waals surface area contributed by atoms with Gasteiger partial charge in [-0.2, -0.15) is 16.8 Å². The molecule has 0 bridgehead atoms. The molecule has 0 spiro atoms. The molecule has 2 N–H and O–H groups in total. The number of fused-ring (bicyclic) bond motifs is 2. The van der Waals surface area contributed by atoms with Gasteiger partial charge >= 0.3 is 59.1 Å². The zero-order chi connectivity index (χ0) is 27.6. The van der Waals surface area contributed by atoms with Gasteiger partial charge in [0.05, 0.1) is 9.79 Å². The summed E-state index contributed by atoms with van der Waals surface area (Å²) in [5, 5.41) is -0.674. The van der Waals surface area contributed by atoms with E-state index in [2.05, 4.69) is 0 Å². The monoisotopic (exact) mass is 632 g/mol. The molecule has 0 aliphatic rings. The van der Waals surface area contributed by atoms with E-state index in [1.165, 1.54) is 36.4 Å². The molecule has 4 aromatic rings. The molecule has 0 fully saturated rings. The fourth-order valence-corrected chi connectivity index (χ4v) is 8.71. The van der Waals surface area contributed by atoms with Crippen molar-refractivity contribution >= 4 is 62.0 Å². The molecule has 0 aliphatic heterocycles. The van der Waals surface area contributed by atoms with Crippen molar-refractivity contribution < 1.29 is 111 Å². The van der Waals surface area contributed by atoms with Gasteiger partial charge in [-0.15, -0.1) is 0 Å². The van der Waals surface area contributed by atoms with Crippen LogP contribution in [0.5, 0.6) is 0 Å². The van der Waals surface area contributed by atoms with E-state index < -0.39 is 77.6 Å². The van der Waals surface area contributed by atoms with Gasteiger partial charge in [-0.05, 0) is 34.0 Å². The van der Waals surface area contributed by atoms with Gasteiger partial charge in [0.15, 0.2) is 0 Å². The first-order chi connectivity index (χ1) is 16.9. The summed E-state index contributed by atoms with van der Waals surface area (Å²) in [7, 11) is -22.1. The second-order valence-electron chi connectivity index (χ2n) is 7.87. The van der Waals surface area contributed by atoms with Crippen molar-refractivity contribution in [3.63, 3.8) is 0 Å². The molecule has 4 rings (SSSR count). The molecular weight excluding hydrogens is 618 g/mol. The maximum atomic E-state index is 12.3. The normalized spacial score (nSPS) is 12.6. The fourth-order valence-electron chi connectivity index (χ4n) is 4.23. The smallest absolute Gasteiger partial charge is 0.744 e. The molecule has 0 aliphatic carbocycles. The molecule has 12 nitrogen and oxygen atoms in total. The molecule has 196 valence electrons. The third-order valence-electron chi connectivity index (χ3n) is 5.46. The van der Waals surface area contributed by atoms with E-state index in [1.807, 2.05) is 0 Å². The van der Waals surface area contributed by atoms with E-state index in [4.69, 9.17) is 0 Å². The van der Waals surface area contributed by atoms with E-state index >= 15 is 0 Å². The van der Waals surface area contributed by atoms with Gasteiger partial charge in [0.2, 0.25) is 0 Å². The van der Waals surface area contributed by atoms with Crippen molar-refractivity contribution in [2.75, 3.05) is 0 Å². The molecule has 0 amide bonds. The summed E-state index contributed by atoms with van der Waals surface area (Å²) >= 11 is 0. The van der Waals surface area contributed by atoms with Gasteiger partial charge in [0, 0.05) is 17.2 Å². The number of rotatable bonds is 6. The molecule has 39 heavy (non-hydrogen) atoms. The summed E-state index contributed by atoms with van der Waals surface area (Å²) in [5.41, 5.74) is -1.27. The first-order valence-corrected chi connectivity index (χ1v) is 15.6. The van der Waals surface area contributed by atoms with Gasteiger partial charge < -0.3 is 9.11 Å². The molecule has 0 saturated carbocycles. The Hall–Kier alpha value is -0.960. The number of hydrogen-bond donors (Lipinski definition) is 2. The van der Waals surface area contributed by atoms with Crippen LogP contribution in [-0.4, -0.2) is 51.9 Å². The first-order valence-electron chi connectivity index (χ1n) is 9.86. The minimum atomic E-state index is -5.70. The average molecular weight is 633 g/mol. The Morgan fingerprint density at radius 3 is 1.28 bits per heavy atom. The van der Waals surface area contributed by atoms with Crippen molar-refractivity contribution in [2.45, 2.75) is 26.0 Å². The molecule has 0 aromatic heterocycles. The first kappa shape index (κ1) is 34.2. The van der Waals surface area contributed by atoms with E-state index in [-0.39, 0.29) is 80.7 Å². The Morgan fingerprint density at radius 1 is 0.538 bits per heavy atom. The quantitative estimate of drug-likeness (QED) is 0.153. The molecule has 4 aromatic carbocycles. The van der Waals surface area contributed by atoms with Crippen molar-refractivity contribution in [3.8, 4) is 0 Å². The number of hydrogen-bond acceptors (Lipinski definition) is 10. The van der Waals surface area contributed by atoms with E-state index in [0.29, 0.717) is 0 Å².